The number of carbonyl (C=O) groups is 2. The summed E-state index contributed by atoms with van der Waals surface area (Å²) in [4.78, 5) is 28.8. The van der Waals surface area contributed by atoms with Crippen LogP contribution in [0.1, 0.15) is 57.6 Å². The van der Waals surface area contributed by atoms with Gasteiger partial charge in [-0.1, -0.05) is 20.8 Å². The van der Waals surface area contributed by atoms with Crippen molar-refractivity contribution in [3.8, 4) is 11.5 Å². The first-order chi connectivity index (χ1) is 14.7. The van der Waals surface area contributed by atoms with Crippen LogP contribution in [0.4, 0.5) is 4.79 Å². The van der Waals surface area contributed by atoms with Crippen LogP contribution in [0.15, 0.2) is 12.1 Å². The average Bonchev–Trinajstić information content (AvgIpc) is 2.96. The fourth-order valence-electron chi connectivity index (χ4n) is 5.52. The molecule has 1 aliphatic carbocycles. The summed E-state index contributed by atoms with van der Waals surface area (Å²) in [5, 5.41) is 3.07. The Kier molecular flexibility index (Phi) is 5.66. The number of rotatable bonds is 4. The van der Waals surface area contributed by atoms with Crippen molar-refractivity contribution in [3.63, 3.8) is 0 Å². The van der Waals surface area contributed by atoms with Crippen LogP contribution in [0.5, 0.6) is 11.5 Å². The molecule has 0 bridgehead atoms. The van der Waals surface area contributed by atoms with E-state index in [0.29, 0.717) is 18.3 Å². The lowest BCUT2D eigenvalue weighted by Crippen LogP contribution is -3.13. The predicted molar refractivity (Wildman–Crippen MR) is 117 cm³/mol. The van der Waals surface area contributed by atoms with E-state index >= 15 is 0 Å². The zero-order valence-corrected chi connectivity index (χ0v) is 19.5. The molecule has 1 saturated carbocycles. The summed E-state index contributed by atoms with van der Waals surface area (Å²) in [6, 6.07) is 3.83. The molecular weight excluding hydrogens is 394 g/mol. The second-order valence-electron chi connectivity index (χ2n) is 10.4. The molecule has 3 aliphatic rings. The maximum Gasteiger partial charge on any atom is 0.329 e. The Balaban J connectivity index is 1.44. The van der Waals surface area contributed by atoms with Crippen LogP contribution in [0, 0.1) is 11.3 Å². The fourth-order valence-corrected chi connectivity index (χ4v) is 5.52. The minimum atomic E-state index is -0.692. The van der Waals surface area contributed by atoms with E-state index in [1.165, 1.54) is 20.9 Å². The molecule has 7 nitrogen and oxygen atoms in total. The monoisotopic (exact) mass is 430 g/mol. The molecule has 1 aromatic rings. The number of quaternary nitrogens is 1. The van der Waals surface area contributed by atoms with Gasteiger partial charge in [-0.3, -0.25) is 4.79 Å². The van der Waals surface area contributed by atoms with Gasteiger partial charge in [0.1, 0.15) is 12.1 Å². The zero-order valence-electron chi connectivity index (χ0n) is 19.5. The number of ether oxygens (including phenoxy) is 2. The molecule has 1 atom stereocenters. The number of hydrogen-bond acceptors (Lipinski definition) is 4. The minimum Gasteiger partial charge on any atom is -0.493 e. The Morgan fingerprint density at radius 1 is 1.10 bits per heavy atom. The normalized spacial score (nSPS) is 28.5. The van der Waals surface area contributed by atoms with Gasteiger partial charge in [0.25, 0.3) is 5.91 Å². The Morgan fingerprint density at radius 2 is 1.71 bits per heavy atom. The van der Waals surface area contributed by atoms with Crippen LogP contribution in [-0.2, 0) is 17.8 Å². The molecule has 7 heteroatoms. The number of nitrogens with one attached hydrogen (secondary N) is 2. The van der Waals surface area contributed by atoms with Crippen molar-refractivity contribution in [2.75, 3.05) is 27.4 Å². The van der Waals surface area contributed by atoms with Gasteiger partial charge < -0.3 is 19.7 Å². The lowest BCUT2D eigenvalue weighted by Gasteiger charge is -2.40. The fraction of sp³-hybridized carbons (Fsp3) is 0.667. The zero-order chi connectivity index (χ0) is 22.4. The Hall–Kier alpha value is -2.28. The highest BCUT2D eigenvalue weighted by Gasteiger charge is 2.54. The number of nitrogens with zero attached hydrogens (tertiary/aromatic N) is 1. The van der Waals surface area contributed by atoms with E-state index in [1.54, 1.807) is 14.2 Å². The molecule has 170 valence electrons. The summed E-state index contributed by atoms with van der Waals surface area (Å²) >= 11 is 0. The first kappa shape index (κ1) is 21.9. The molecule has 1 unspecified atom stereocenters. The molecule has 3 amide bonds. The van der Waals surface area contributed by atoms with Crippen LogP contribution in [0.25, 0.3) is 0 Å². The molecule has 0 radical (unpaired) electrons. The maximum atomic E-state index is 13.3. The highest BCUT2D eigenvalue weighted by molar-refractivity contribution is 6.06. The molecule has 1 saturated heterocycles. The van der Waals surface area contributed by atoms with Crippen LogP contribution >= 0.6 is 0 Å². The van der Waals surface area contributed by atoms with Gasteiger partial charge in [0, 0.05) is 12.0 Å². The molecule has 1 aromatic carbocycles. The summed E-state index contributed by atoms with van der Waals surface area (Å²) in [5.41, 5.74) is 1.98. The quantitative estimate of drug-likeness (QED) is 0.718. The maximum absolute atomic E-state index is 13.3. The lowest BCUT2D eigenvalue weighted by molar-refractivity contribution is -0.923. The minimum absolute atomic E-state index is 0.0320. The van der Waals surface area contributed by atoms with Gasteiger partial charge >= 0.3 is 6.03 Å². The first-order valence-corrected chi connectivity index (χ1v) is 11.4. The topological polar surface area (TPSA) is 72.3 Å². The molecule has 31 heavy (non-hydrogen) atoms. The molecule has 0 aromatic heterocycles. The van der Waals surface area contributed by atoms with E-state index < -0.39 is 5.54 Å². The smallest absolute Gasteiger partial charge is 0.329 e. The highest BCUT2D eigenvalue weighted by atomic mass is 16.5. The van der Waals surface area contributed by atoms with Gasteiger partial charge in [-0.2, -0.15) is 0 Å². The number of amides is 3. The van der Waals surface area contributed by atoms with Crippen LogP contribution in [0.2, 0.25) is 0 Å². The molecule has 2 heterocycles. The van der Waals surface area contributed by atoms with Crippen LogP contribution in [0.3, 0.4) is 0 Å². The van der Waals surface area contributed by atoms with Crippen molar-refractivity contribution in [1.82, 2.24) is 10.2 Å². The third-order valence-electron chi connectivity index (χ3n) is 7.59. The summed E-state index contributed by atoms with van der Waals surface area (Å²) in [7, 11) is 3.28. The number of imide groups is 1. The second-order valence-corrected chi connectivity index (χ2v) is 10.4. The number of methoxy groups -OCH3 is 2. The average molecular weight is 431 g/mol. The van der Waals surface area contributed by atoms with Crippen molar-refractivity contribution >= 4 is 11.9 Å². The van der Waals surface area contributed by atoms with Gasteiger partial charge in [-0.25, -0.2) is 9.69 Å². The van der Waals surface area contributed by atoms with Crippen LogP contribution in [-0.4, -0.2) is 49.8 Å². The van der Waals surface area contributed by atoms with E-state index in [1.807, 2.05) is 12.1 Å². The van der Waals surface area contributed by atoms with E-state index in [-0.39, 0.29) is 17.4 Å². The van der Waals surface area contributed by atoms with Crippen molar-refractivity contribution in [2.24, 2.45) is 11.3 Å². The van der Waals surface area contributed by atoms with E-state index in [2.05, 4.69) is 26.1 Å². The Labute approximate surface area is 185 Å². The van der Waals surface area contributed by atoms with Gasteiger partial charge in [-0.15, -0.1) is 0 Å². The van der Waals surface area contributed by atoms with E-state index in [9.17, 15) is 9.59 Å². The van der Waals surface area contributed by atoms with Crippen molar-refractivity contribution in [3.05, 3.63) is 23.3 Å². The largest absolute Gasteiger partial charge is 0.493 e. The first-order valence-electron chi connectivity index (χ1n) is 11.4. The molecule has 2 fully saturated rings. The number of urea groups is 1. The van der Waals surface area contributed by atoms with Gasteiger partial charge in [-0.05, 0) is 54.7 Å². The summed E-state index contributed by atoms with van der Waals surface area (Å²) in [6.07, 6.45) is 4.33. The van der Waals surface area contributed by atoms with Crippen LogP contribution < -0.4 is 19.7 Å². The summed E-state index contributed by atoms with van der Waals surface area (Å²) < 4.78 is 10.9. The molecule has 1 spiro atoms. The summed E-state index contributed by atoms with van der Waals surface area (Å²) in [5.74, 6) is 2.02. The van der Waals surface area contributed by atoms with Crippen molar-refractivity contribution in [1.29, 1.82) is 0 Å². The Bertz CT molecular complexity index is 868. The second kappa shape index (κ2) is 8.01. The standard InChI is InChI=1S/C24H35N3O4/c1-23(2,3)18-6-9-24(10-7-18)21(28)27(22(29)25-24)15-26-11-8-16-12-19(30-4)20(31-5)13-17(16)14-26/h12-13,18H,6-11,14-15H2,1-5H3,(H,25,29)/p+1. The number of fused-ring (bicyclic) bond motifs is 1. The molecular formula is C24H36N3O4+. The molecule has 2 aliphatic heterocycles. The molecule has 4 rings (SSSR count). The molecule has 2 N–H and O–H groups in total. The van der Waals surface area contributed by atoms with Crippen molar-refractivity contribution < 1.29 is 24.0 Å². The highest BCUT2D eigenvalue weighted by Crippen LogP contribution is 2.43. The SMILES string of the molecule is COc1cc2c(cc1OC)C[NH+](CN1C(=O)NC3(CCC(C(C)(C)C)CC3)C1=O)CC2. The van der Waals surface area contributed by atoms with E-state index in [4.69, 9.17) is 9.47 Å². The number of benzene rings is 1. The Morgan fingerprint density at radius 3 is 2.29 bits per heavy atom. The third-order valence-corrected chi connectivity index (χ3v) is 7.59. The van der Waals surface area contributed by atoms with E-state index in [0.717, 1.165) is 50.9 Å². The van der Waals surface area contributed by atoms with Gasteiger partial charge in [0.2, 0.25) is 0 Å². The number of carbonyl (C=O) groups excluding carboxylic acids is 2. The third kappa shape index (κ3) is 4.00. The number of hydrogen-bond donors (Lipinski definition) is 2. The van der Waals surface area contributed by atoms with Gasteiger partial charge in [0.15, 0.2) is 18.2 Å². The van der Waals surface area contributed by atoms with Gasteiger partial charge in [0.05, 0.1) is 20.8 Å². The predicted octanol–water partition coefficient (Wildman–Crippen LogP) is 2.13. The lowest BCUT2D eigenvalue weighted by atomic mass is 9.67. The summed E-state index contributed by atoms with van der Waals surface area (Å²) in [6.45, 7) is 8.82. The van der Waals surface area contributed by atoms with Crippen molar-refractivity contribution in [2.45, 2.75) is 65.0 Å².